The van der Waals surface area contributed by atoms with Crippen LogP contribution < -0.4 is 10.2 Å². The second kappa shape index (κ2) is 4.96. The Balaban J connectivity index is 2.00. The van der Waals surface area contributed by atoms with Gasteiger partial charge < -0.3 is 10.2 Å². The first-order valence-corrected chi connectivity index (χ1v) is 6.73. The molecule has 1 atom stereocenters. The number of nitrogens with one attached hydrogen (secondary N) is 1. The maximum absolute atomic E-state index is 12.1. The number of carbonyl (C=O) groups is 1. The van der Waals surface area contributed by atoms with Crippen molar-refractivity contribution in [3.05, 3.63) is 53.9 Å². The molecule has 102 valence electrons. The van der Waals surface area contributed by atoms with Crippen LogP contribution in [0.4, 0.5) is 11.4 Å². The van der Waals surface area contributed by atoms with Gasteiger partial charge in [-0.2, -0.15) is 0 Å². The van der Waals surface area contributed by atoms with Gasteiger partial charge in [0.1, 0.15) is 6.04 Å². The Morgan fingerprint density at radius 1 is 1.30 bits per heavy atom. The molecule has 1 amide bonds. The van der Waals surface area contributed by atoms with Gasteiger partial charge in [0.15, 0.2) is 0 Å². The van der Waals surface area contributed by atoms with Crippen molar-refractivity contribution in [1.29, 1.82) is 0 Å². The number of benzene rings is 1. The first-order chi connectivity index (χ1) is 9.65. The van der Waals surface area contributed by atoms with Gasteiger partial charge in [-0.05, 0) is 25.5 Å². The highest BCUT2D eigenvalue weighted by Crippen LogP contribution is 2.33. The first kappa shape index (κ1) is 12.7. The summed E-state index contributed by atoms with van der Waals surface area (Å²) in [6, 6.07) is 12.0. The van der Waals surface area contributed by atoms with Gasteiger partial charge in [0.05, 0.1) is 17.6 Å². The molecule has 4 nitrogen and oxygen atoms in total. The molecule has 0 saturated heterocycles. The van der Waals surface area contributed by atoms with Crippen molar-refractivity contribution in [3.8, 4) is 0 Å². The zero-order valence-corrected chi connectivity index (χ0v) is 11.6. The third-order valence-corrected chi connectivity index (χ3v) is 3.63. The zero-order chi connectivity index (χ0) is 14.1. The van der Waals surface area contributed by atoms with Crippen molar-refractivity contribution in [2.45, 2.75) is 26.4 Å². The molecule has 0 fully saturated rings. The maximum Gasteiger partial charge on any atom is 0.246 e. The number of aromatic nitrogens is 1. The normalized spacial score (nSPS) is 17.6. The van der Waals surface area contributed by atoms with E-state index in [1.54, 1.807) is 6.20 Å². The molecule has 1 aliphatic rings. The Labute approximate surface area is 118 Å². The summed E-state index contributed by atoms with van der Waals surface area (Å²) in [6.45, 7) is 4.60. The third-order valence-electron chi connectivity index (χ3n) is 3.63. The van der Waals surface area contributed by atoms with Crippen LogP contribution in [0.15, 0.2) is 42.6 Å². The van der Waals surface area contributed by atoms with E-state index in [0.717, 1.165) is 17.1 Å². The molecule has 1 N–H and O–H groups in total. The standard InChI is InChI=1S/C16H17N3O/c1-11-8-15-14(9-17-11)18-16(20)12(2)19(15)10-13-6-4-3-5-7-13/h3-9,12H,10H2,1-2H3,(H,18,20). The average Bonchev–Trinajstić information content (AvgIpc) is 2.46. The Kier molecular flexibility index (Phi) is 3.14. The Hall–Kier alpha value is -2.36. The van der Waals surface area contributed by atoms with E-state index in [0.29, 0.717) is 6.54 Å². The summed E-state index contributed by atoms with van der Waals surface area (Å²) < 4.78 is 0. The van der Waals surface area contributed by atoms with Gasteiger partial charge >= 0.3 is 0 Å². The fourth-order valence-corrected chi connectivity index (χ4v) is 2.47. The molecular weight excluding hydrogens is 250 g/mol. The molecule has 0 saturated carbocycles. The van der Waals surface area contributed by atoms with Gasteiger partial charge in [0, 0.05) is 12.2 Å². The lowest BCUT2D eigenvalue weighted by atomic mass is 10.1. The van der Waals surface area contributed by atoms with E-state index < -0.39 is 0 Å². The van der Waals surface area contributed by atoms with E-state index in [1.165, 1.54) is 5.56 Å². The van der Waals surface area contributed by atoms with Crippen molar-refractivity contribution in [2.24, 2.45) is 0 Å². The van der Waals surface area contributed by atoms with Crippen LogP contribution in [0.5, 0.6) is 0 Å². The lowest BCUT2D eigenvalue weighted by Gasteiger charge is -2.36. The lowest BCUT2D eigenvalue weighted by molar-refractivity contribution is -0.117. The SMILES string of the molecule is Cc1cc2c(cn1)NC(=O)C(C)N2Cc1ccccc1. The molecule has 1 aromatic carbocycles. The number of hydrogen-bond acceptors (Lipinski definition) is 3. The number of hydrogen-bond donors (Lipinski definition) is 1. The third kappa shape index (κ3) is 2.25. The fourth-order valence-electron chi connectivity index (χ4n) is 2.47. The number of amides is 1. The van der Waals surface area contributed by atoms with E-state index in [9.17, 15) is 4.79 Å². The number of anilines is 2. The molecule has 20 heavy (non-hydrogen) atoms. The van der Waals surface area contributed by atoms with E-state index in [-0.39, 0.29) is 11.9 Å². The summed E-state index contributed by atoms with van der Waals surface area (Å²) in [7, 11) is 0. The van der Waals surface area contributed by atoms with Crippen molar-refractivity contribution < 1.29 is 4.79 Å². The van der Waals surface area contributed by atoms with Crippen LogP contribution in [0.2, 0.25) is 0 Å². The monoisotopic (exact) mass is 267 g/mol. The summed E-state index contributed by atoms with van der Waals surface area (Å²) in [5.41, 5.74) is 3.96. The molecule has 0 spiro atoms. The first-order valence-electron chi connectivity index (χ1n) is 6.73. The smallest absolute Gasteiger partial charge is 0.246 e. The quantitative estimate of drug-likeness (QED) is 0.910. The summed E-state index contributed by atoms with van der Waals surface area (Å²) in [5, 5.41) is 2.91. The number of rotatable bonds is 2. The number of nitrogens with zero attached hydrogens (tertiary/aromatic N) is 2. The number of aryl methyl sites for hydroxylation is 1. The minimum Gasteiger partial charge on any atom is -0.354 e. The molecule has 2 aromatic rings. The number of pyridine rings is 1. The van der Waals surface area contributed by atoms with Crippen molar-refractivity contribution in [3.63, 3.8) is 0 Å². The predicted octanol–water partition coefficient (Wildman–Crippen LogP) is 2.74. The van der Waals surface area contributed by atoms with Crippen LogP contribution >= 0.6 is 0 Å². The fraction of sp³-hybridized carbons (Fsp3) is 0.250. The molecular formula is C16H17N3O. The summed E-state index contributed by atoms with van der Waals surface area (Å²) in [6.07, 6.45) is 1.73. The van der Waals surface area contributed by atoms with E-state index in [2.05, 4.69) is 27.3 Å². The second-order valence-electron chi connectivity index (χ2n) is 5.12. The molecule has 0 radical (unpaired) electrons. The summed E-state index contributed by atoms with van der Waals surface area (Å²) >= 11 is 0. The molecule has 2 heterocycles. The Morgan fingerprint density at radius 3 is 2.80 bits per heavy atom. The van der Waals surface area contributed by atoms with Crippen LogP contribution in [-0.4, -0.2) is 16.9 Å². The molecule has 1 aliphatic heterocycles. The van der Waals surface area contributed by atoms with E-state index in [4.69, 9.17) is 0 Å². The second-order valence-corrected chi connectivity index (χ2v) is 5.12. The Bertz CT molecular complexity index is 639. The van der Waals surface area contributed by atoms with Crippen LogP contribution in [0.25, 0.3) is 0 Å². The lowest BCUT2D eigenvalue weighted by Crippen LogP contribution is -2.45. The maximum atomic E-state index is 12.1. The van der Waals surface area contributed by atoms with Gasteiger partial charge in [0.25, 0.3) is 0 Å². The van der Waals surface area contributed by atoms with Gasteiger partial charge in [-0.25, -0.2) is 0 Å². The van der Waals surface area contributed by atoms with Crippen LogP contribution in [0.3, 0.4) is 0 Å². The van der Waals surface area contributed by atoms with Crippen LogP contribution in [0.1, 0.15) is 18.2 Å². The number of carbonyl (C=O) groups excluding carboxylic acids is 1. The molecule has 3 rings (SSSR count). The van der Waals surface area contributed by atoms with E-state index >= 15 is 0 Å². The van der Waals surface area contributed by atoms with Crippen molar-refractivity contribution in [2.75, 3.05) is 10.2 Å². The van der Waals surface area contributed by atoms with Crippen LogP contribution in [-0.2, 0) is 11.3 Å². The zero-order valence-electron chi connectivity index (χ0n) is 11.6. The Morgan fingerprint density at radius 2 is 2.05 bits per heavy atom. The van der Waals surface area contributed by atoms with Gasteiger partial charge in [-0.3, -0.25) is 9.78 Å². The average molecular weight is 267 g/mol. The van der Waals surface area contributed by atoms with Gasteiger partial charge in [-0.1, -0.05) is 30.3 Å². The summed E-state index contributed by atoms with van der Waals surface area (Å²) in [5.74, 6) is 0.0130. The molecule has 4 heteroatoms. The minimum absolute atomic E-state index is 0.0130. The van der Waals surface area contributed by atoms with Crippen molar-refractivity contribution in [1.82, 2.24) is 4.98 Å². The predicted molar refractivity (Wildman–Crippen MR) is 79.7 cm³/mol. The van der Waals surface area contributed by atoms with Crippen molar-refractivity contribution >= 4 is 17.3 Å². The highest BCUT2D eigenvalue weighted by Gasteiger charge is 2.29. The molecule has 0 bridgehead atoms. The van der Waals surface area contributed by atoms with Gasteiger partial charge in [0.2, 0.25) is 5.91 Å². The highest BCUT2D eigenvalue weighted by atomic mass is 16.2. The molecule has 1 aromatic heterocycles. The molecule has 0 aliphatic carbocycles. The largest absolute Gasteiger partial charge is 0.354 e. The van der Waals surface area contributed by atoms with Gasteiger partial charge in [-0.15, -0.1) is 0 Å². The summed E-state index contributed by atoms with van der Waals surface area (Å²) in [4.78, 5) is 18.4. The highest BCUT2D eigenvalue weighted by molar-refractivity contribution is 6.03. The van der Waals surface area contributed by atoms with E-state index in [1.807, 2.05) is 38.1 Å². The topological polar surface area (TPSA) is 45.2 Å². The molecule has 1 unspecified atom stereocenters. The van der Waals surface area contributed by atoms with Crippen LogP contribution in [0, 0.1) is 6.92 Å². The number of fused-ring (bicyclic) bond motifs is 1. The minimum atomic E-state index is -0.190.